The molecule has 1 aromatic carbocycles. The molecule has 0 radical (unpaired) electrons. The first kappa shape index (κ1) is 13.9. The Labute approximate surface area is 131 Å². The number of nitrogens with zero attached hydrogens (tertiary/aromatic N) is 1. The highest BCUT2D eigenvalue weighted by Crippen LogP contribution is 2.49. The van der Waals surface area contributed by atoms with Crippen LogP contribution in [0.25, 0.3) is 10.9 Å². The van der Waals surface area contributed by atoms with Gasteiger partial charge in [0.1, 0.15) is 0 Å². The first-order valence-corrected chi connectivity index (χ1v) is 8.48. The molecule has 0 saturated heterocycles. The molecule has 0 aliphatic heterocycles. The summed E-state index contributed by atoms with van der Waals surface area (Å²) < 4.78 is 2.03. The Morgan fingerprint density at radius 3 is 2.82 bits per heavy atom. The lowest BCUT2D eigenvalue weighted by molar-refractivity contribution is 0.0917. The molecule has 1 heterocycles. The summed E-state index contributed by atoms with van der Waals surface area (Å²) in [5.74, 6) is 2.52. The fraction of sp³-hybridized carbons (Fsp3) is 0.526. The first-order valence-electron chi connectivity index (χ1n) is 8.48. The van der Waals surface area contributed by atoms with Crippen LogP contribution in [0.1, 0.15) is 43.0 Å². The van der Waals surface area contributed by atoms with Crippen molar-refractivity contribution in [3.8, 4) is 0 Å². The zero-order chi connectivity index (χ0) is 15.3. The van der Waals surface area contributed by atoms with Crippen molar-refractivity contribution in [3.63, 3.8) is 0 Å². The Kier molecular flexibility index (Phi) is 3.24. The Morgan fingerprint density at radius 2 is 2.09 bits per heavy atom. The van der Waals surface area contributed by atoms with Crippen molar-refractivity contribution < 1.29 is 4.79 Å². The molecule has 1 N–H and O–H groups in total. The molecule has 2 aliphatic rings. The number of aromatic nitrogens is 1. The van der Waals surface area contributed by atoms with Gasteiger partial charge in [-0.3, -0.25) is 4.79 Å². The molecule has 4 rings (SSSR count). The van der Waals surface area contributed by atoms with Crippen molar-refractivity contribution in [2.75, 3.05) is 0 Å². The maximum atomic E-state index is 12.7. The third-order valence-corrected chi connectivity index (χ3v) is 5.94. The third-order valence-electron chi connectivity index (χ3n) is 5.94. The van der Waals surface area contributed by atoms with Gasteiger partial charge < -0.3 is 9.88 Å². The zero-order valence-corrected chi connectivity index (χ0v) is 13.4. The average molecular weight is 296 g/mol. The predicted molar refractivity (Wildman–Crippen MR) is 88.8 cm³/mol. The standard InChI is InChI=1S/C19H24N2O/c1-12(16-10-13-7-8-14(16)9-13)20-19(22)17-11-21(2)18-6-4-3-5-15(17)18/h3-6,11-14,16H,7-10H2,1-2H3,(H,20,22). The summed E-state index contributed by atoms with van der Waals surface area (Å²) in [6.07, 6.45) is 7.42. The van der Waals surface area contributed by atoms with Gasteiger partial charge in [-0.15, -0.1) is 0 Å². The van der Waals surface area contributed by atoms with Crippen molar-refractivity contribution >= 4 is 16.8 Å². The van der Waals surface area contributed by atoms with Crippen LogP contribution >= 0.6 is 0 Å². The molecular weight excluding hydrogens is 272 g/mol. The van der Waals surface area contributed by atoms with E-state index in [9.17, 15) is 4.79 Å². The first-order chi connectivity index (χ1) is 10.6. The molecule has 2 aromatic rings. The topological polar surface area (TPSA) is 34.0 Å². The highest BCUT2D eigenvalue weighted by Gasteiger charge is 2.42. The lowest BCUT2D eigenvalue weighted by Gasteiger charge is -2.28. The van der Waals surface area contributed by atoms with Crippen molar-refractivity contribution in [1.82, 2.24) is 9.88 Å². The van der Waals surface area contributed by atoms with Gasteiger partial charge in [-0.05, 0) is 50.0 Å². The summed E-state index contributed by atoms with van der Waals surface area (Å²) in [5, 5.41) is 4.32. The van der Waals surface area contributed by atoms with Crippen LogP contribution < -0.4 is 5.32 Å². The van der Waals surface area contributed by atoms with Crippen LogP contribution in [0.3, 0.4) is 0 Å². The van der Waals surface area contributed by atoms with Gasteiger partial charge in [-0.25, -0.2) is 0 Å². The fourth-order valence-corrected chi connectivity index (χ4v) is 4.82. The quantitative estimate of drug-likeness (QED) is 0.920. The second-order valence-corrected chi connectivity index (χ2v) is 7.27. The van der Waals surface area contributed by atoms with Crippen LogP contribution in [0.2, 0.25) is 0 Å². The number of carbonyl (C=O) groups is 1. The number of amides is 1. The maximum absolute atomic E-state index is 12.7. The van der Waals surface area contributed by atoms with Crippen molar-refractivity contribution in [1.29, 1.82) is 0 Å². The highest BCUT2D eigenvalue weighted by molar-refractivity contribution is 6.07. The summed E-state index contributed by atoms with van der Waals surface area (Å²) in [4.78, 5) is 12.7. The number of nitrogens with one attached hydrogen (secondary N) is 1. The van der Waals surface area contributed by atoms with E-state index >= 15 is 0 Å². The van der Waals surface area contributed by atoms with Gasteiger partial charge in [0.25, 0.3) is 5.91 Å². The highest BCUT2D eigenvalue weighted by atomic mass is 16.1. The van der Waals surface area contributed by atoms with Crippen LogP contribution in [-0.2, 0) is 7.05 Å². The summed E-state index contributed by atoms with van der Waals surface area (Å²) in [6, 6.07) is 8.39. The summed E-state index contributed by atoms with van der Waals surface area (Å²) in [6.45, 7) is 2.19. The molecule has 116 valence electrons. The summed E-state index contributed by atoms with van der Waals surface area (Å²) in [5.41, 5.74) is 1.91. The molecule has 0 spiro atoms. The van der Waals surface area contributed by atoms with Gasteiger partial charge in [0, 0.05) is 30.2 Å². The van der Waals surface area contributed by atoms with Gasteiger partial charge in [0.15, 0.2) is 0 Å². The maximum Gasteiger partial charge on any atom is 0.253 e. The van der Waals surface area contributed by atoms with E-state index in [-0.39, 0.29) is 11.9 Å². The number of aryl methyl sites for hydroxylation is 1. The Morgan fingerprint density at radius 1 is 1.27 bits per heavy atom. The number of hydrogen-bond donors (Lipinski definition) is 1. The van der Waals surface area contributed by atoms with Crippen molar-refractivity contribution in [2.45, 2.75) is 38.6 Å². The molecule has 1 aromatic heterocycles. The molecular formula is C19H24N2O. The van der Waals surface area contributed by atoms with Crippen LogP contribution in [0.15, 0.2) is 30.5 Å². The second kappa shape index (κ2) is 5.15. The molecule has 4 atom stereocenters. The molecule has 2 fully saturated rings. The van der Waals surface area contributed by atoms with E-state index in [0.717, 1.165) is 28.3 Å². The molecule has 2 bridgehead atoms. The average Bonchev–Trinajstić information content (AvgIpc) is 3.22. The molecule has 2 saturated carbocycles. The smallest absolute Gasteiger partial charge is 0.253 e. The van der Waals surface area contributed by atoms with Gasteiger partial charge in [-0.2, -0.15) is 0 Å². The van der Waals surface area contributed by atoms with E-state index < -0.39 is 0 Å². The second-order valence-electron chi connectivity index (χ2n) is 7.27. The van der Waals surface area contributed by atoms with E-state index in [4.69, 9.17) is 0 Å². The number of benzene rings is 1. The van der Waals surface area contributed by atoms with E-state index in [1.165, 1.54) is 25.7 Å². The van der Waals surface area contributed by atoms with Gasteiger partial charge in [-0.1, -0.05) is 24.6 Å². The van der Waals surface area contributed by atoms with E-state index in [1.54, 1.807) is 0 Å². The number of rotatable bonds is 3. The van der Waals surface area contributed by atoms with E-state index in [0.29, 0.717) is 5.92 Å². The molecule has 2 aliphatic carbocycles. The van der Waals surface area contributed by atoms with Gasteiger partial charge >= 0.3 is 0 Å². The van der Waals surface area contributed by atoms with Gasteiger partial charge in [0.2, 0.25) is 0 Å². The Hall–Kier alpha value is -1.77. The molecule has 22 heavy (non-hydrogen) atoms. The minimum absolute atomic E-state index is 0.0760. The number of carbonyl (C=O) groups excluding carboxylic acids is 1. The minimum atomic E-state index is 0.0760. The largest absolute Gasteiger partial charge is 0.350 e. The van der Waals surface area contributed by atoms with Crippen molar-refractivity contribution in [3.05, 3.63) is 36.0 Å². The van der Waals surface area contributed by atoms with Crippen LogP contribution in [0.5, 0.6) is 0 Å². The minimum Gasteiger partial charge on any atom is -0.350 e. The number of para-hydroxylation sites is 1. The molecule has 3 heteroatoms. The molecule has 3 nitrogen and oxygen atoms in total. The lowest BCUT2D eigenvalue weighted by Crippen LogP contribution is -2.40. The van der Waals surface area contributed by atoms with Crippen LogP contribution in [0.4, 0.5) is 0 Å². The van der Waals surface area contributed by atoms with Crippen LogP contribution in [-0.4, -0.2) is 16.5 Å². The monoisotopic (exact) mass is 296 g/mol. The summed E-state index contributed by atoms with van der Waals surface area (Å²) >= 11 is 0. The van der Waals surface area contributed by atoms with E-state index in [1.807, 2.05) is 36.0 Å². The summed E-state index contributed by atoms with van der Waals surface area (Å²) in [7, 11) is 2.00. The fourth-order valence-electron chi connectivity index (χ4n) is 4.82. The number of fused-ring (bicyclic) bond motifs is 3. The predicted octanol–water partition coefficient (Wildman–Crippen LogP) is 3.73. The Balaban J connectivity index is 1.54. The van der Waals surface area contributed by atoms with Gasteiger partial charge in [0.05, 0.1) is 5.56 Å². The SMILES string of the molecule is CC(NC(=O)c1cn(C)c2ccccc12)C1CC2CCC1C2. The Bertz CT molecular complexity index is 717. The normalized spacial score (nSPS) is 28.2. The molecule has 1 amide bonds. The number of hydrogen-bond acceptors (Lipinski definition) is 1. The molecule has 4 unspecified atom stereocenters. The zero-order valence-electron chi connectivity index (χ0n) is 13.4. The van der Waals surface area contributed by atoms with Crippen LogP contribution in [0, 0.1) is 17.8 Å². The van der Waals surface area contributed by atoms with E-state index in [2.05, 4.69) is 18.3 Å². The third kappa shape index (κ3) is 2.15. The van der Waals surface area contributed by atoms with Crippen molar-refractivity contribution in [2.24, 2.45) is 24.8 Å². The lowest BCUT2D eigenvalue weighted by atomic mass is 9.84.